The van der Waals surface area contributed by atoms with Gasteiger partial charge in [0.2, 0.25) is 5.91 Å². The SMILES string of the molecule is COc1cccc(-c2nc(C)c(-c3ccc(SCC(=O)Nc4cc(OC)ccc4OC)nn3)s2)c1. The molecule has 2 aromatic carbocycles. The van der Waals surface area contributed by atoms with Crippen molar-refractivity contribution < 1.29 is 19.0 Å². The fraction of sp³-hybridized carbons (Fsp3) is 0.200. The second-order valence-corrected chi connectivity index (χ2v) is 9.32. The molecule has 4 aromatic rings. The second kappa shape index (κ2) is 11.2. The summed E-state index contributed by atoms with van der Waals surface area (Å²) in [6, 6.07) is 16.8. The van der Waals surface area contributed by atoms with E-state index in [1.165, 1.54) is 11.8 Å². The molecule has 2 aromatic heterocycles. The third-order valence-corrected chi connectivity index (χ3v) is 7.17. The van der Waals surface area contributed by atoms with Crippen LogP contribution in [0.5, 0.6) is 17.2 Å². The molecule has 0 atom stereocenters. The Morgan fingerprint density at radius 3 is 2.49 bits per heavy atom. The van der Waals surface area contributed by atoms with E-state index in [2.05, 4.69) is 15.5 Å². The number of benzene rings is 2. The number of nitrogens with zero attached hydrogens (tertiary/aromatic N) is 3. The molecule has 1 N–H and O–H groups in total. The van der Waals surface area contributed by atoms with E-state index in [0.29, 0.717) is 22.2 Å². The summed E-state index contributed by atoms with van der Waals surface area (Å²) < 4.78 is 15.8. The lowest BCUT2D eigenvalue weighted by molar-refractivity contribution is -0.113. The molecule has 0 unspecified atom stereocenters. The van der Waals surface area contributed by atoms with Gasteiger partial charge >= 0.3 is 0 Å². The van der Waals surface area contributed by atoms with Crippen molar-refractivity contribution in [1.29, 1.82) is 0 Å². The Morgan fingerprint density at radius 2 is 1.77 bits per heavy atom. The number of methoxy groups -OCH3 is 3. The van der Waals surface area contributed by atoms with Gasteiger partial charge in [0.1, 0.15) is 33.0 Å². The summed E-state index contributed by atoms with van der Waals surface area (Å²) in [5, 5.41) is 13.1. The monoisotopic (exact) mass is 508 g/mol. The average molecular weight is 509 g/mol. The highest BCUT2D eigenvalue weighted by atomic mass is 32.2. The molecule has 2 heterocycles. The molecule has 4 rings (SSSR count). The molecular weight excluding hydrogens is 484 g/mol. The van der Waals surface area contributed by atoms with Gasteiger partial charge in [-0.2, -0.15) is 0 Å². The van der Waals surface area contributed by atoms with Crippen molar-refractivity contribution in [3.8, 4) is 38.4 Å². The lowest BCUT2D eigenvalue weighted by Crippen LogP contribution is -2.15. The highest BCUT2D eigenvalue weighted by molar-refractivity contribution is 7.99. The number of hydrogen-bond donors (Lipinski definition) is 1. The van der Waals surface area contributed by atoms with E-state index in [1.54, 1.807) is 50.9 Å². The number of thioether (sulfide) groups is 1. The van der Waals surface area contributed by atoms with Crippen LogP contribution in [-0.2, 0) is 4.79 Å². The van der Waals surface area contributed by atoms with Gasteiger partial charge < -0.3 is 19.5 Å². The Bertz CT molecular complexity index is 1330. The summed E-state index contributed by atoms with van der Waals surface area (Å²) in [6.07, 6.45) is 0. The molecule has 180 valence electrons. The maximum Gasteiger partial charge on any atom is 0.234 e. The molecule has 0 aliphatic heterocycles. The van der Waals surface area contributed by atoms with Crippen LogP contribution in [0.4, 0.5) is 5.69 Å². The van der Waals surface area contributed by atoms with Gasteiger partial charge in [-0.1, -0.05) is 23.9 Å². The Labute approximate surface area is 211 Å². The van der Waals surface area contributed by atoms with Gasteiger partial charge in [-0.05, 0) is 43.3 Å². The van der Waals surface area contributed by atoms with Gasteiger partial charge in [0.25, 0.3) is 0 Å². The van der Waals surface area contributed by atoms with Gasteiger partial charge in [0, 0.05) is 11.6 Å². The maximum absolute atomic E-state index is 12.5. The van der Waals surface area contributed by atoms with Crippen molar-refractivity contribution in [2.24, 2.45) is 0 Å². The van der Waals surface area contributed by atoms with E-state index < -0.39 is 0 Å². The van der Waals surface area contributed by atoms with Gasteiger partial charge in [0.05, 0.1) is 43.3 Å². The Morgan fingerprint density at radius 1 is 0.971 bits per heavy atom. The van der Waals surface area contributed by atoms with Gasteiger partial charge in [-0.25, -0.2) is 4.98 Å². The quantitative estimate of drug-likeness (QED) is 0.303. The number of hydrogen-bond acceptors (Lipinski definition) is 9. The minimum Gasteiger partial charge on any atom is -0.497 e. The van der Waals surface area contributed by atoms with E-state index >= 15 is 0 Å². The normalized spacial score (nSPS) is 10.6. The lowest BCUT2D eigenvalue weighted by Gasteiger charge is -2.11. The van der Waals surface area contributed by atoms with E-state index in [-0.39, 0.29) is 11.7 Å². The van der Waals surface area contributed by atoms with Crippen LogP contribution in [0.15, 0.2) is 59.6 Å². The van der Waals surface area contributed by atoms with E-state index in [9.17, 15) is 4.79 Å². The van der Waals surface area contributed by atoms with Crippen molar-refractivity contribution in [3.05, 3.63) is 60.3 Å². The Hall–Kier alpha value is -3.63. The number of aromatic nitrogens is 3. The fourth-order valence-corrected chi connectivity index (χ4v) is 4.91. The molecule has 35 heavy (non-hydrogen) atoms. The van der Waals surface area contributed by atoms with Crippen molar-refractivity contribution >= 4 is 34.7 Å². The van der Waals surface area contributed by atoms with Crippen molar-refractivity contribution in [1.82, 2.24) is 15.2 Å². The predicted octanol–water partition coefficient (Wildman–Crippen LogP) is 5.33. The summed E-state index contributed by atoms with van der Waals surface area (Å²) >= 11 is 2.86. The predicted molar refractivity (Wildman–Crippen MR) is 139 cm³/mol. The van der Waals surface area contributed by atoms with Gasteiger partial charge in [-0.3, -0.25) is 4.79 Å². The lowest BCUT2D eigenvalue weighted by atomic mass is 10.2. The molecule has 0 bridgehead atoms. The van der Waals surface area contributed by atoms with Crippen LogP contribution in [0.2, 0.25) is 0 Å². The third-order valence-electron chi connectivity index (χ3n) is 5.02. The summed E-state index contributed by atoms with van der Waals surface area (Å²) in [4.78, 5) is 18.1. The van der Waals surface area contributed by atoms with Gasteiger partial charge in [-0.15, -0.1) is 21.5 Å². The first-order valence-corrected chi connectivity index (χ1v) is 12.4. The standard InChI is InChI=1S/C25H24N4O4S2/c1-15-24(35-25(26-15)16-6-5-7-17(12-16)31-2)19-9-11-23(29-28-19)34-14-22(30)27-20-13-18(32-3)8-10-21(20)33-4/h5-13H,14H2,1-4H3,(H,27,30). The fourth-order valence-electron chi connectivity index (χ4n) is 3.27. The van der Waals surface area contributed by atoms with E-state index in [0.717, 1.165) is 32.6 Å². The average Bonchev–Trinajstić information content (AvgIpc) is 3.29. The number of carbonyl (C=O) groups excluding carboxylic acids is 1. The number of carbonyl (C=O) groups is 1. The van der Waals surface area contributed by atoms with E-state index in [4.69, 9.17) is 19.2 Å². The third kappa shape index (κ3) is 5.90. The van der Waals surface area contributed by atoms with Crippen LogP contribution in [-0.4, -0.2) is 48.2 Å². The van der Waals surface area contributed by atoms with Crippen LogP contribution in [0, 0.1) is 6.92 Å². The number of amides is 1. The molecule has 8 nitrogen and oxygen atoms in total. The van der Waals surface area contributed by atoms with Crippen LogP contribution in [0.3, 0.4) is 0 Å². The second-order valence-electron chi connectivity index (χ2n) is 7.33. The molecular formula is C25H24N4O4S2. The molecule has 1 amide bonds. The molecule has 0 fully saturated rings. The van der Waals surface area contributed by atoms with Crippen LogP contribution < -0.4 is 19.5 Å². The zero-order valence-electron chi connectivity index (χ0n) is 19.7. The van der Waals surface area contributed by atoms with Crippen molar-refractivity contribution in [3.63, 3.8) is 0 Å². The highest BCUT2D eigenvalue weighted by Gasteiger charge is 2.15. The number of anilines is 1. The molecule has 0 aliphatic carbocycles. The molecule has 0 saturated carbocycles. The number of aryl methyl sites for hydroxylation is 1. The Balaban J connectivity index is 1.41. The minimum atomic E-state index is -0.186. The number of rotatable bonds is 9. The van der Waals surface area contributed by atoms with Gasteiger partial charge in [0.15, 0.2) is 0 Å². The summed E-state index contributed by atoms with van der Waals surface area (Å²) in [5.41, 5.74) is 3.16. The zero-order chi connectivity index (χ0) is 24.8. The molecule has 0 aliphatic rings. The number of nitrogens with one attached hydrogen (secondary N) is 1. The zero-order valence-corrected chi connectivity index (χ0v) is 21.3. The smallest absolute Gasteiger partial charge is 0.234 e. The van der Waals surface area contributed by atoms with Crippen LogP contribution >= 0.6 is 23.1 Å². The maximum atomic E-state index is 12.5. The summed E-state index contributed by atoms with van der Waals surface area (Å²) in [7, 11) is 4.76. The number of ether oxygens (including phenoxy) is 3. The first-order chi connectivity index (χ1) is 17.0. The van der Waals surface area contributed by atoms with Crippen LogP contribution in [0.25, 0.3) is 21.1 Å². The first kappa shape index (κ1) is 24.5. The largest absolute Gasteiger partial charge is 0.497 e. The molecule has 10 heteroatoms. The Kier molecular flexibility index (Phi) is 7.84. The molecule has 0 spiro atoms. The first-order valence-electron chi connectivity index (χ1n) is 10.6. The van der Waals surface area contributed by atoms with Crippen LogP contribution in [0.1, 0.15) is 5.69 Å². The number of thiazole rings is 1. The topological polar surface area (TPSA) is 95.5 Å². The van der Waals surface area contributed by atoms with Crippen molar-refractivity contribution in [2.75, 3.05) is 32.4 Å². The van der Waals surface area contributed by atoms with E-state index in [1.807, 2.05) is 43.3 Å². The summed E-state index contributed by atoms with van der Waals surface area (Å²) in [5.74, 6) is 1.96. The molecule has 0 radical (unpaired) electrons. The van der Waals surface area contributed by atoms with Crippen molar-refractivity contribution in [2.45, 2.75) is 11.9 Å². The molecule has 0 saturated heterocycles. The highest BCUT2D eigenvalue weighted by Crippen LogP contribution is 2.35. The summed E-state index contributed by atoms with van der Waals surface area (Å²) in [6.45, 7) is 1.96. The minimum absolute atomic E-state index is 0.175.